The number of ether oxygens (including phenoxy) is 1. The molecule has 0 amide bonds. The average Bonchev–Trinajstić information content (AvgIpc) is 2.15. The molecule has 0 unspecified atom stereocenters. The summed E-state index contributed by atoms with van der Waals surface area (Å²) in [6.07, 6.45) is 1.13. The molecular formula is C11H24O3Si. The summed E-state index contributed by atoms with van der Waals surface area (Å²) < 4.78 is 17.5. The van der Waals surface area contributed by atoms with Crippen LogP contribution in [0, 0.1) is 0 Å². The van der Waals surface area contributed by atoms with Gasteiger partial charge in [-0.2, -0.15) is 0 Å². The van der Waals surface area contributed by atoms with Crippen molar-refractivity contribution < 1.29 is 13.6 Å². The van der Waals surface area contributed by atoms with E-state index in [1.54, 1.807) is 0 Å². The normalized spacial score (nSPS) is 20.0. The lowest BCUT2D eigenvalue weighted by molar-refractivity contribution is -0.0425. The third-order valence-corrected chi connectivity index (χ3v) is 7.89. The fourth-order valence-electron chi connectivity index (χ4n) is 2.26. The van der Waals surface area contributed by atoms with Crippen molar-refractivity contribution in [3.05, 3.63) is 0 Å². The van der Waals surface area contributed by atoms with Crippen LogP contribution in [-0.2, 0) is 13.6 Å². The number of hydrogen-bond donors (Lipinski definition) is 0. The zero-order valence-electron chi connectivity index (χ0n) is 10.5. The summed E-state index contributed by atoms with van der Waals surface area (Å²) in [6.45, 7) is 11.7. The second-order valence-corrected chi connectivity index (χ2v) is 8.21. The second kappa shape index (κ2) is 5.43. The minimum absolute atomic E-state index is 0.162. The van der Waals surface area contributed by atoms with E-state index < -0.39 is 8.56 Å². The average molecular weight is 232 g/mol. The van der Waals surface area contributed by atoms with E-state index >= 15 is 0 Å². The van der Waals surface area contributed by atoms with Crippen molar-refractivity contribution in [1.29, 1.82) is 0 Å². The SMILES string of the molecule is CCC[Si](OCC)(OCC)C1(C)COC1. The molecule has 3 nitrogen and oxygen atoms in total. The van der Waals surface area contributed by atoms with Crippen LogP contribution < -0.4 is 0 Å². The van der Waals surface area contributed by atoms with Gasteiger partial charge in [-0.1, -0.05) is 20.3 Å². The highest BCUT2D eigenvalue weighted by atomic mass is 28.4. The molecule has 0 bridgehead atoms. The Hall–Kier alpha value is 0.0969. The topological polar surface area (TPSA) is 27.7 Å². The maximum absolute atomic E-state index is 6.05. The van der Waals surface area contributed by atoms with Gasteiger partial charge in [0, 0.05) is 13.2 Å². The first-order valence-electron chi connectivity index (χ1n) is 5.99. The minimum atomic E-state index is -2.06. The molecule has 90 valence electrons. The lowest BCUT2D eigenvalue weighted by Crippen LogP contribution is -2.60. The van der Waals surface area contributed by atoms with Gasteiger partial charge in [-0.15, -0.1) is 0 Å². The predicted octanol–water partition coefficient (Wildman–Crippen LogP) is 2.70. The fourth-order valence-corrected chi connectivity index (χ4v) is 6.17. The predicted molar refractivity (Wildman–Crippen MR) is 63.3 cm³/mol. The van der Waals surface area contributed by atoms with Crippen molar-refractivity contribution in [2.75, 3.05) is 26.4 Å². The van der Waals surface area contributed by atoms with Gasteiger partial charge < -0.3 is 13.6 Å². The van der Waals surface area contributed by atoms with Crippen molar-refractivity contribution >= 4 is 8.56 Å². The van der Waals surface area contributed by atoms with Gasteiger partial charge in [0.25, 0.3) is 0 Å². The quantitative estimate of drug-likeness (QED) is 0.632. The van der Waals surface area contributed by atoms with Gasteiger partial charge in [0.1, 0.15) is 0 Å². The van der Waals surface area contributed by atoms with Gasteiger partial charge in [-0.3, -0.25) is 0 Å². The highest BCUT2D eigenvalue weighted by Gasteiger charge is 2.58. The van der Waals surface area contributed by atoms with Crippen molar-refractivity contribution in [2.24, 2.45) is 0 Å². The number of hydrogen-bond acceptors (Lipinski definition) is 3. The van der Waals surface area contributed by atoms with Crippen LogP contribution in [0.15, 0.2) is 0 Å². The molecule has 1 aliphatic rings. The van der Waals surface area contributed by atoms with E-state index in [-0.39, 0.29) is 5.04 Å². The van der Waals surface area contributed by atoms with Crippen LogP contribution in [0.25, 0.3) is 0 Å². The van der Waals surface area contributed by atoms with Crippen molar-refractivity contribution in [3.8, 4) is 0 Å². The molecule has 0 aromatic heterocycles. The van der Waals surface area contributed by atoms with Crippen LogP contribution >= 0.6 is 0 Å². The van der Waals surface area contributed by atoms with Gasteiger partial charge in [-0.25, -0.2) is 0 Å². The van der Waals surface area contributed by atoms with Crippen molar-refractivity contribution in [1.82, 2.24) is 0 Å². The molecule has 0 radical (unpaired) electrons. The molecule has 0 saturated carbocycles. The van der Waals surface area contributed by atoms with E-state index in [1.165, 1.54) is 0 Å². The van der Waals surface area contributed by atoms with Crippen LogP contribution in [0.4, 0.5) is 0 Å². The molecule has 1 heterocycles. The van der Waals surface area contributed by atoms with E-state index in [4.69, 9.17) is 13.6 Å². The standard InChI is InChI=1S/C11H24O3Si/c1-5-8-15(13-6-2,14-7-3)11(4)9-12-10-11/h5-10H2,1-4H3. The van der Waals surface area contributed by atoms with Gasteiger partial charge >= 0.3 is 8.56 Å². The zero-order valence-corrected chi connectivity index (χ0v) is 11.5. The molecule has 0 aromatic carbocycles. The molecule has 15 heavy (non-hydrogen) atoms. The highest BCUT2D eigenvalue weighted by Crippen LogP contribution is 2.48. The van der Waals surface area contributed by atoms with E-state index in [0.717, 1.165) is 38.9 Å². The van der Waals surface area contributed by atoms with Crippen molar-refractivity contribution in [3.63, 3.8) is 0 Å². The third-order valence-electron chi connectivity index (χ3n) is 3.09. The lowest BCUT2D eigenvalue weighted by Gasteiger charge is -2.49. The fraction of sp³-hybridized carbons (Fsp3) is 1.00. The molecule has 1 rings (SSSR count). The Balaban J connectivity index is 2.79. The van der Waals surface area contributed by atoms with Crippen LogP contribution in [0.5, 0.6) is 0 Å². The minimum Gasteiger partial charge on any atom is -0.394 e. The Kier molecular flexibility index (Phi) is 4.77. The molecule has 0 aliphatic carbocycles. The summed E-state index contributed by atoms with van der Waals surface area (Å²) in [5.74, 6) is 0. The summed E-state index contributed by atoms with van der Waals surface area (Å²) in [5.41, 5.74) is 0. The van der Waals surface area contributed by atoms with Crippen LogP contribution in [-0.4, -0.2) is 35.0 Å². The second-order valence-electron chi connectivity index (χ2n) is 4.42. The molecule has 0 atom stereocenters. The molecule has 0 aromatic rings. The Bertz CT molecular complexity index is 175. The third kappa shape index (κ3) is 2.44. The van der Waals surface area contributed by atoms with Crippen LogP contribution in [0.3, 0.4) is 0 Å². The molecule has 0 spiro atoms. The van der Waals surface area contributed by atoms with E-state index in [9.17, 15) is 0 Å². The van der Waals surface area contributed by atoms with Gasteiger partial charge in [0.2, 0.25) is 0 Å². The van der Waals surface area contributed by atoms with E-state index in [0.29, 0.717) is 0 Å². The van der Waals surface area contributed by atoms with Gasteiger partial charge in [-0.05, 0) is 19.9 Å². The Morgan fingerprint density at radius 2 is 1.67 bits per heavy atom. The molecular weight excluding hydrogens is 208 g/mol. The smallest absolute Gasteiger partial charge is 0.348 e. The Labute approximate surface area is 94.4 Å². The summed E-state index contributed by atoms with van der Waals surface area (Å²) in [5, 5.41) is 0.162. The first-order valence-corrected chi connectivity index (χ1v) is 8.02. The van der Waals surface area contributed by atoms with Crippen LogP contribution in [0.2, 0.25) is 11.1 Å². The lowest BCUT2D eigenvalue weighted by atomic mass is 10.1. The first kappa shape index (κ1) is 13.2. The molecule has 1 saturated heterocycles. The first-order chi connectivity index (χ1) is 7.14. The Morgan fingerprint density at radius 1 is 1.13 bits per heavy atom. The zero-order chi connectivity index (χ0) is 11.4. The highest BCUT2D eigenvalue weighted by molar-refractivity contribution is 6.71. The Morgan fingerprint density at radius 3 is 1.93 bits per heavy atom. The maximum atomic E-state index is 6.05. The van der Waals surface area contributed by atoms with E-state index in [1.807, 2.05) is 0 Å². The molecule has 1 fully saturated rings. The van der Waals surface area contributed by atoms with Gasteiger partial charge in [0.15, 0.2) is 0 Å². The molecule has 1 aliphatic heterocycles. The summed E-state index contributed by atoms with van der Waals surface area (Å²) in [6, 6.07) is 1.08. The maximum Gasteiger partial charge on any atom is 0.348 e. The van der Waals surface area contributed by atoms with Gasteiger partial charge in [0.05, 0.1) is 18.3 Å². The molecule has 0 N–H and O–H groups in total. The summed E-state index contributed by atoms with van der Waals surface area (Å²) in [4.78, 5) is 0. The number of rotatable bonds is 7. The van der Waals surface area contributed by atoms with Crippen molar-refractivity contribution in [2.45, 2.75) is 45.2 Å². The van der Waals surface area contributed by atoms with Crippen LogP contribution in [0.1, 0.15) is 34.1 Å². The summed E-state index contributed by atoms with van der Waals surface area (Å²) in [7, 11) is -2.06. The largest absolute Gasteiger partial charge is 0.394 e. The monoisotopic (exact) mass is 232 g/mol. The van der Waals surface area contributed by atoms with E-state index in [2.05, 4.69) is 27.7 Å². The summed E-state index contributed by atoms with van der Waals surface area (Å²) >= 11 is 0. The molecule has 4 heteroatoms.